The highest BCUT2D eigenvalue weighted by atomic mass is 16.5. The van der Waals surface area contributed by atoms with E-state index in [1.54, 1.807) is 11.4 Å². The predicted octanol–water partition coefficient (Wildman–Crippen LogP) is 0.494. The molecule has 0 radical (unpaired) electrons. The Morgan fingerprint density at radius 1 is 1.43 bits per heavy atom. The molecule has 1 atom stereocenters. The third-order valence-corrected chi connectivity index (χ3v) is 3.91. The number of amides is 1. The van der Waals surface area contributed by atoms with Crippen molar-refractivity contribution in [3.8, 4) is 0 Å². The minimum absolute atomic E-state index is 0.0432. The Labute approximate surface area is 133 Å². The third-order valence-electron chi connectivity index (χ3n) is 3.91. The summed E-state index contributed by atoms with van der Waals surface area (Å²) in [5, 5.41) is 6.90. The zero-order valence-electron chi connectivity index (χ0n) is 13.4. The van der Waals surface area contributed by atoms with E-state index < -0.39 is 12.1 Å². The molecule has 2 aromatic rings. The van der Waals surface area contributed by atoms with E-state index in [-0.39, 0.29) is 18.4 Å². The molecule has 122 valence electrons. The number of aryl methyl sites for hydroxylation is 2. The maximum atomic E-state index is 12.1. The van der Waals surface area contributed by atoms with Gasteiger partial charge in [-0.15, -0.1) is 0 Å². The fraction of sp³-hybridized carbons (Fsp3) is 0.533. The lowest BCUT2D eigenvalue weighted by molar-refractivity contribution is -0.154. The lowest BCUT2D eigenvalue weighted by atomic mass is 10.1. The van der Waals surface area contributed by atoms with Gasteiger partial charge in [-0.2, -0.15) is 10.1 Å². The van der Waals surface area contributed by atoms with E-state index in [9.17, 15) is 9.59 Å². The SMILES string of the molecule is Cc1nc2ncnn2c(C)c1CC(=O)O[C@@H](C)C(=O)NC1CC1. The number of ether oxygens (including phenoxy) is 1. The van der Waals surface area contributed by atoms with Gasteiger partial charge in [0, 0.05) is 23.0 Å². The zero-order valence-corrected chi connectivity index (χ0v) is 13.4. The number of hydrogen-bond acceptors (Lipinski definition) is 6. The Hall–Kier alpha value is -2.51. The van der Waals surface area contributed by atoms with Crippen molar-refractivity contribution < 1.29 is 14.3 Å². The summed E-state index contributed by atoms with van der Waals surface area (Å²) in [6.07, 6.45) is 2.65. The Kier molecular flexibility index (Phi) is 3.97. The fourth-order valence-corrected chi connectivity index (χ4v) is 2.39. The number of fused-ring (bicyclic) bond motifs is 1. The van der Waals surface area contributed by atoms with Gasteiger partial charge in [0.15, 0.2) is 6.10 Å². The molecule has 0 saturated heterocycles. The molecule has 0 bridgehead atoms. The van der Waals surface area contributed by atoms with Crippen LogP contribution in [0.3, 0.4) is 0 Å². The molecule has 1 fully saturated rings. The molecule has 23 heavy (non-hydrogen) atoms. The van der Waals surface area contributed by atoms with E-state index in [0.29, 0.717) is 11.5 Å². The van der Waals surface area contributed by atoms with Gasteiger partial charge >= 0.3 is 5.97 Å². The average molecular weight is 317 g/mol. The van der Waals surface area contributed by atoms with Gasteiger partial charge in [0.2, 0.25) is 0 Å². The summed E-state index contributed by atoms with van der Waals surface area (Å²) >= 11 is 0. The molecule has 2 heterocycles. The van der Waals surface area contributed by atoms with Crippen molar-refractivity contribution in [1.29, 1.82) is 0 Å². The van der Waals surface area contributed by atoms with Crippen LogP contribution < -0.4 is 5.32 Å². The number of esters is 1. The van der Waals surface area contributed by atoms with Crippen LogP contribution >= 0.6 is 0 Å². The topological polar surface area (TPSA) is 98.5 Å². The summed E-state index contributed by atoms with van der Waals surface area (Å²) in [5.41, 5.74) is 2.23. The summed E-state index contributed by atoms with van der Waals surface area (Å²) in [6.45, 7) is 5.24. The number of carbonyl (C=O) groups is 2. The van der Waals surface area contributed by atoms with E-state index >= 15 is 0 Å². The first-order valence-electron chi connectivity index (χ1n) is 7.61. The van der Waals surface area contributed by atoms with Gasteiger partial charge < -0.3 is 10.1 Å². The molecule has 0 aliphatic heterocycles. The van der Waals surface area contributed by atoms with Gasteiger partial charge in [-0.3, -0.25) is 9.59 Å². The zero-order chi connectivity index (χ0) is 16.6. The average Bonchev–Trinajstić information content (AvgIpc) is 3.18. The van der Waals surface area contributed by atoms with Gasteiger partial charge in [-0.25, -0.2) is 9.50 Å². The number of nitrogens with zero attached hydrogens (tertiary/aromatic N) is 4. The lowest BCUT2D eigenvalue weighted by Gasteiger charge is -2.14. The predicted molar refractivity (Wildman–Crippen MR) is 80.7 cm³/mol. The van der Waals surface area contributed by atoms with E-state index in [0.717, 1.165) is 24.1 Å². The second-order valence-corrected chi connectivity index (χ2v) is 5.82. The molecule has 1 saturated carbocycles. The van der Waals surface area contributed by atoms with E-state index in [4.69, 9.17) is 4.74 Å². The molecule has 8 nitrogen and oxygen atoms in total. The summed E-state index contributed by atoms with van der Waals surface area (Å²) < 4.78 is 6.81. The fourth-order valence-electron chi connectivity index (χ4n) is 2.39. The van der Waals surface area contributed by atoms with Crippen LogP contribution in [0.1, 0.15) is 36.7 Å². The molecule has 1 aliphatic carbocycles. The first-order valence-corrected chi connectivity index (χ1v) is 7.61. The number of nitrogens with one attached hydrogen (secondary N) is 1. The van der Waals surface area contributed by atoms with Crippen LogP contribution in [0.2, 0.25) is 0 Å². The first kappa shape index (κ1) is 15.4. The standard InChI is InChI=1S/C15H19N5O3/c1-8-12(9(2)20-15(18-8)16-7-17-20)6-13(21)23-10(3)14(22)19-11-4-5-11/h7,10-11H,4-6H2,1-3H3,(H,19,22)/t10-/m0/s1. The summed E-state index contributed by atoms with van der Waals surface area (Å²) in [6, 6.07) is 0.243. The summed E-state index contributed by atoms with van der Waals surface area (Å²) in [7, 11) is 0. The smallest absolute Gasteiger partial charge is 0.311 e. The van der Waals surface area contributed by atoms with Crippen LogP contribution in [0, 0.1) is 13.8 Å². The highest BCUT2D eigenvalue weighted by molar-refractivity contribution is 5.84. The van der Waals surface area contributed by atoms with Gasteiger partial charge in [0.1, 0.15) is 6.33 Å². The van der Waals surface area contributed by atoms with E-state index in [1.807, 2.05) is 13.8 Å². The van der Waals surface area contributed by atoms with Crippen LogP contribution in [0.25, 0.3) is 5.78 Å². The van der Waals surface area contributed by atoms with Crippen molar-refractivity contribution in [2.75, 3.05) is 0 Å². The van der Waals surface area contributed by atoms with Crippen molar-refractivity contribution in [3.05, 3.63) is 23.3 Å². The summed E-state index contributed by atoms with van der Waals surface area (Å²) in [4.78, 5) is 32.3. The maximum Gasteiger partial charge on any atom is 0.311 e. The monoisotopic (exact) mass is 317 g/mol. The number of carbonyl (C=O) groups excluding carboxylic acids is 2. The van der Waals surface area contributed by atoms with Crippen LogP contribution in [-0.2, 0) is 20.7 Å². The minimum Gasteiger partial charge on any atom is -0.452 e. The van der Waals surface area contributed by atoms with Gasteiger partial charge in [0.05, 0.1) is 6.42 Å². The molecular formula is C15H19N5O3. The van der Waals surface area contributed by atoms with Crippen molar-refractivity contribution in [3.63, 3.8) is 0 Å². The number of aromatic nitrogens is 4. The summed E-state index contributed by atoms with van der Waals surface area (Å²) in [5.74, 6) is -0.218. The van der Waals surface area contributed by atoms with Gasteiger partial charge in [0.25, 0.3) is 11.7 Å². The second kappa shape index (κ2) is 5.94. The molecule has 1 amide bonds. The molecule has 2 aromatic heterocycles. The lowest BCUT2D eigenvalue weighted by Crippen LogP contribution is -2.37. The van der Waals surface area contributed by atoms with Crippen LogP contribution in [0.4, 0.5) is 0 Å². The highest BCUT2D eigenvalue weighted by Gasteiger charge is 2.27. The normalized spacial score (nSPS) is 15.4. The molecule has 1 aliphatic rings. The van der Waals surface area contributed by atoms with Crippen molar-refractivity contribution >= 4 is 17.7 Å². The molecule has 0 unspecified atom stereocenters. The largest absolute Gasteiger partial charge is 0.452 e. The number of rotatable bonds is 5. The number of hydrogen-bond donors (Lipinski definition) is 1. The Bertz CT molecular complexity index is 766. The van der Waals surface area contributed by atoms with E-state index in [1.165, 1.54) is 6.33 Å². The van der Waals surface area contributed by atoms with Crippen LogP contribution in [0.15, 0.2) is 6.33 Å². The molecule has 1 N–H and O–H groups in total. The first-order chi connectivity index (χ1) is 11.0. The molecule has 3 rings (SSSR count). The van der Waals surface area contributed by atoms with E-state index in [2.05, 4.69) is 20.4 Å². The minimum atomic E-state index is -0.799. The highest BCUT2D eigenvalue weighted by Crippen LogP contribution is 2.19. The molecule has 0 aromatic carbocycles. The van der Waals surface area contributed by atoms with Crippen LogP contribution in [-0.4, -0.2) is 43.6 Å². The van der Waals surface area contributed by atoms with Gasteiger partial charge in [-0.05, 0) is 33.6 Å². The van der Waals surface area contributed by atoms with Crippen LogP contribution in [0.5, 0.6) is 0 Å². The quantitative estimate of drug-likeness (QED) is 0.806. The molecular weight excluding hydrogens is 298 g/mol. The Balaban J connectivity index is 1.68. The molecule has 0 spiro atoms. The Morgan fingerprint density at radius 2 is 2.17 bits per heavy atom. The Morgan fingerprint density at radius 3 is 2.87 bits per heavy atom. The third kappa shape index (κ3) is 3.30. The van der Waals surface area contributed by atoms with Crippen molar-refractivity contribution in [1.82, 2.24) is 24.9 Å². The van der Waals surface area contributed by atoms with Crippen molar-refractivity contribution in [2.24, 2.45) is 0 Å². The maximum absolute atomic E-state index is 12.1. The second-order valence-electron chi connectivity index (χ2n) is 5.82. The molecule has 8 heteroatoms. The van der Waals surface area contributed by atoms with Crippen molar-refractivity contribution in [2.45, 2.75) is 52.2 Å². The van der Waals surface area contributed by atoms with Gasteiger partial charge in [-0.1, -0.05) is 0 Å².